The standard InChI is InChI=1S/C24H18N4O5/c1-30-20-11-18-19(12-21(20)31-2)25-13-26-24(18)33-15-6-7-16-14(10-15)4-3-5-17(16)23(29)27-22-8-9-32-28-22/h3-13H,1-2H3,(H,27,28,29). The molecule has 1 amide bonds. The largest absolute Gasteiger partial charge is 0.493 e. The fourth-order valence-electron chi connectivity index (χ4n) is 3.54. The number of methoxy groups -OCH3 is 2. The third kappa shape index (κ3) is 3.87. The molecular formula is C24H18N4O5. The van der Waals surface area contributed by atoms with E-state index in [0.717, 1.165) is 10.8 Å². The quantitative estimate of drug-likeness (QED) is 0.398. The fraction of sp³-hybridized carbons (Fsp3) is 0.0833. The number of hydrogen-bond acceptors (Lipinski definition) is 8. The van der Waals surface area contributed by atoms with E-state index in [-0.39, 0.29) is 5.91 Å². The molecule has 0 radical (unpaired) electrons. The van der Waals surface area contributed by atoms with E-state index in [2.05, 4.69) is 20.4 Å². The smallest absolute Gasteiger partial charge is 0.257 e. The summed E-state index contributed by atoms with van der Waals surface area (Å²) in [6.07, 6.45) is 2.82. The second-order valence-corrected chi connectivity index (χ2v) is 7.03. The molecule has 0 spiro atoms. The zero-order valence-electron chi connectivity index (χ0n) is 17.7. The molecule has 0 aliphatic heterocycles. The van der Waals surface area contributed by atoms with Crippen LogP contribution in [0.2, 0.25) is 0 Å². The second kappa shape index (κ2) is 8.46. The van der Waals surface area contributed by atoms with Crippen LogP contribution < -0.4 is 19.5 Å². The van der Waals surface area contributed by atoms with Crippen molar-refractivity contribution in [2.75, 3.05) is 19.5 Å². The van der Waals surface area contributed by atoms with Crippen molar-refractivity contribution in [1.29, 1.82) is 0 Å². The number of aromatic nitrogens is 3. The predicted octanol–water partition coefficient (Wildman–Crippen LogP) is 4.83. The van der Waals surface area contributed by atoms with Crippen molar-refractivity contribution in [2.24, 2.45) is 0 Å². The van der Waals surface area contributed by atoms with Crippen molar-refractivity contribution in [2.45, 2.75) is 0 Å². The summed E-state index contributed by atoms with van der Waals surface area (Å²) >= 11 is 0. The molecule has 0 saturated heterocycles. The van der Waals surface area contributed by atoms with Gasteiger partial charge in [-0.2, -0.15) is 0 Å². The third-order valence-electron chi connectivity index (χ3n) is 5.09. The summed E-state index contributed by atoms with van der Waals surface area (Å²) in [6, 6.07) is 16.0. The first-order chi connectivity index (χ1) is 16.2. The summed E-state index contributed by atoms with van der Waals surface area (Å²) in [5.74, 6) is 2.11. The van der Waals surface area contributed by atoms with Crippen LogP contribution in [0.15, 0.2) is 71.7 Å². The molecule has 2 heterocycles. The van der Waals surface area contributed by atoms with E-state index in [1.54, 1.807) is 50.6 Å². The highest BCUT2D eigenvalue weighted by Crippen LogP contribution is 2.36. The number of carbonyl (C=O) groups is 1. The van der Waals surface area contributed by atoms with Gasteiger partial charge in [0, 0.05) is 17.7 Å². The molecule has 0 atom stereocenters. The fourth-order valence-corrected chi connectivity index (χ4v) is 3.54. The second-order valence-electron chi connectivity index (χ2n) is 7.03. The van der Waals surface area contributed by atoms with Crippen molar-refractivity contribution in [3.63, 3.8) is 0 Å². The summed E-state index contributed by atoms with van der Waals surface area (Å²) in [5.41, 5.74) is 1.16. The van der Waals surface area contributed by atoms with Crippen LogP contribution >= 0.6 is 0 Å². The van der Waals surface area contributed by atoms with Gasteiger partial charge in [0.25, 0.3) is 5.91 Å². The highest BCUT2D eigenvalue weighted by molar-refractivity contribution is 6.12. The highest BCUT2D eigenvalue weighted by atomic mass is 16.5. The van der Waals surface area contributed by atoms with Gasteiger partial charge in [-0.15, -0.1) is 0 Å². The zero-order chi connectivity index (χ0) is 22.8. The number of fused-ring (bicyclic) bond motifs is 2. The minimum absolute atomic E-state index is 0.286. The van der Waals surface area contributed by atoms with Crippen LogP contribution in [-0.2, 0) is 0 Å². The number of rotatable bonds is 6. The van der Waals surface area contributed by atoms with Gasteiger partial charge in [-0.3, -0.25) is 4.79 Å². The summed E-state index contributed by atoms with van der Waals surface area (Å²) in [5, 5.41) is 8.70. The van der Waals surface area contributed by atoms with Crippen molar-refractivity contribution < 1.29 is 23.5 Å². The van der Waals surface area contributed by atoms with E-state index >= 15 is 0 Å². The maximum atomic E-state index is 12.7. The highest BCUT2D eigenvalue weighted by Gasteiger charge is 2.15. The lowest BCUT2D eigenvalue weighted by Crippen LogP contribution is -2.12. The van der Waals surface area contributed by atoms with Crippen LogP contribution in [-0.4, -0.2) is 35.3 Å². The molecule has 0 unspecified atom stereocenters. The van der Waals surface area contributed by atoms with Gasteiger partial charge in [0.2, 0.25) is 5.88 Å². The van der Waals surface area contributed by atoms with E-state index in [9.17, 15) is 4.79 Å². The van der Waals surface area contributed by atoms with Gasteiger partial charge in [0.15, 0.2) is 17.3 Å². The summed E-state index contributed by atoms with van der Waals surface area (Å²) in [7, 11) is 3.13. The number of hydrogen-bond donors (Lipinski definition) is 1. The van der Waals surface area contributed by atoms with Crippen LogP contribution in [0.25, 0.3) is 21.7 Å². The summed E-state index contributed by atoms with van der Waals surface area (Å²) in [4.78, 5) is 21.3. The number of benzene rings is 3. The Kier molecular flexibility index (Phi) is 5.19. The number of nitrogens with one attached hydrogen (secondary N) is 1. The lowest BCUT2D eigenvalue weighted by molar-refractivity contribution is 0.102. The average molecular weight is 442 g/mol. The molecule has 0 aliphatic carbocycles. The van der Waals surface area contributed by atoms with Gasteiger partial charge in [0.1, 0.15) is 18.3 Å². The molecule has 0 bridgehead atoms. The number of ether oxygens (including phenoxy) is 3. The molecule has 0 saturated carbocycles. The van der Waals surface area contributed by atoms with Gasteiger partial charge in [-0.1, -0.05) is 17.3 Å². The first kappa shape index (κ1) is 20.3. The number of carbonyl (C=O) groups excluding carboxylic acids is 1. The van der Waals surface area contributed by atoms with Crippen molar-refractivity contribution in [3.05, 3.63) is 72.8 Å². The first-order valence-electron chi connectivity index (χ1n) is 9.95. The van der Waals surface area contributed by atoms with Crippen LogP contribution in [0.5, 0.6) is 23.1 Å². The van der Waals surface area contributed by atoms with Crippen molar-refractivity contribution >= 4 is 33.4 Å². The molecule has 5 rings (SSSR count). The minimum atomic E-state index is -0.286. The molecular weight excluding hydrogens is 424 g/mol. The number of anilines is 1. The Morgan fingerprint density at radius 3 is 2.58 bits per heavy atom. The Bertz CT molecular complexity index is 1470. The Hall–Kier alpha value is -4.66. The molecule has 2 aromatic heterocycles. The van der Waals surface area contributed by atoms with E-state index in [4.69, 9.17) is 18.7 Å². The molecule has 3 aromatic carbocycles. The SMILES string of the molecule is COc1cc2ncnc(Oc3ccc4c(C(=O)Nc5ccon5)cccc4c3)c2cc1OC. The molecule has 0 aliphatic rings. The van der Waals surface area contributed by atoms with Gasteiger partial charge >= 0.3 is 0 Å². The van der Waals surface area contributed by atoms with Crippen LogP contribution in [0.3, 0.4) is 0 Å². The van der Waals surface area contributed by atoms with Crippen LogP contribution in [0.4, 0.5) is 5.82 Å². The summed E-state index contributed by atoms with van der Waals surface area (Å²) < 4.78 is 21.6. The van der Waals surface area contributed by atoms with E-state index in [0.29, 0.717) is 45.4 Å². The topological polar surface area (TPSA) is 109 Å². The molecule has 9 heteroatoms. The molecule has 1 N–H and O–H groups in total. The minimum Gasteiger partial charge on any atom is -0.493 e. The average Bonchev–Trinajstić information content (AvgIpc) is 3.35. The van der Waals surface area contributed by atoms with Crippen molar-refractivity contribution in [3.8, 4) is 23.1 Å². The number of amides is 1. The van der Waals surface area contributed by atoms with Gasteiger partial charge in [-0.05, 0) is 41.1 Å². The molecule has 5 aromatic rings. The first-order valence-corrected chi connectivity index (χ1v) is 9.95. The lowest BCUT2D eigenvalue weighted by atomic mass is 10.0. The monoisotopic (exact) mass is 442 g/mol. The van der Waals surface area contributed by atoms with Crippen molar-refractivity contribution in [1.82, 2.24) is 15.1 Å². The molecule has 0 fully saturated rings. The van der Waals surface area contributed by atoms with E-state index in [1.165, 1.54) is 12.6 Å². The number of nitrogens with zero attached hydrogens (tertiary/aromatic N) is 3. The summed E-state index contributed by atoms with van der Waals surface area (Å²) in [6.45, 7) is 0. The Labute approximate surface area is 187 Å². The van der Waals surface area contributed by atoms with Gasteiger partial charge in [0.05, 0.1) is 25.1 Å². The normalized spacial score (nSPS) is 10.8. The van der Waals surface area contributed by atoms with Crippen LogP contribution in [0, 0.1) is 0 Å². The maximum Gasteiger partial charge on any atom is 0.257 e. The Balaban J connectivity index is 1.49. The molecule has 33 heavy (non-hydrogen) atoms. The van der Waals surface area contributed by atoms with E-state index in [1.807, 2.05) is 18.2 Å². The maximum absolute atomic E-state index is 12.7. The third-order valence-corrected chi connectivity index (χ3v) is 5.09. The Morgan fingerprint density at radius 1 is 0.939 bits per heavy atom. The molecule has 164 valence electrons. The predicted molar refractivity (Wildman–Crippen MR) is 121 cm³/mol. The molecule has 9 nitrogen and oxygen atoms in total. The Morgan fingerprint density at radius 2 is 1.79 bits per heavy atom. The van der Waals surface area contributed by atoms with Gasteiger partial charge < -0.3 is 24.1 Å². The van der Waals surface area contributed by atoms with Crippen LogP contribution in [0.1, 0.15) is 10.4 Å². The lowest BCUT2D eigenvalue weighted by Gasteiger charge is -2.12. The van der Waals surface area contributed by atoms with E-state index < -0.39 is 0 Å². The van der Waals surface area contributed by atoms with Gasteiger partial charge in [-0.25, -0.2) is 9.97 Å². The zero-order valence-corrected chi connectivity index (χ0v) is 17.7.